The third-order valence-electron chi connectivity index (χ3n) is 3.51. The molecule has 0 atom stereocenters. The second kappa shape index (κ2) is 9.06. The van der Waals surface area contributed by atoms with E-state index in [-0.39, 0.29) is 37.3 Å². The van der Waals surface area contributed by atoms with Crippen molar-refractivity contribution in [3.05, 3.63) is 41.6 Å². The van der Waals surface area contributed by atoms with Gasteiger partial charge in [-0.3, -0.25) is 4.79 Å². The number of anilines is 1. The molecule has 24 heavy (non-hydrogen) atoms. The smallest absolute Gasteiger partial charge is 0.266 e. The Morgan fingerprint density at radius 2 is 1.75 bits per heavy atom. The number of nitrogens with zero attached hydrogens (tertiary/aromatic N) is 2. The monoisotopic (exact) mass is 331 g/mol. The molecule has 0 heterocycles. The minimum atomic E-state index is -0.528. The van der Waals surface area contributed by atoms with Crippen LogP contribution in [0.4, 0.5) is 5.69 Å². The number of hydrogen-bond acceptors (Lipinski definition) is 5. The third kappa shape index (κ3) is 5.69. The van der Waals surface area contributed by atoms with E-state index in [0.717, 1.165) is 5.69 Å². The van der Waals surface area contributed by atoms with Crippen LogP contribution in [0.25, 0.3) is 0 Å². The van der Waals surface area contributed by atoms with Gasteiger partial charge in [-0.1, -0.05) is 32.9 Å². The van der Waals surface area contributed by atoms with E-state index in [9.17, 15) is 10.1 Å². The molecule has 0 fully saturated rings. The SMILES string of the molecule is CC(C)(C)c1ccc(N/C=C(/C#N)C(=O)N(CCO)CCO)cc1. The van der Waals surface area contributed by atoms with E-state index < -0.39 is 5.91 Å². The van der Waals surface area contributed by atoms with Crippen molar-refractivity contribution in [2.75, 3.05) is 31.6 Å². The van der Waals surface area contributed by atoms with Crippen LogP contribution in [-0.4, -0.2) is 47.3 Å². The highest BCUT2D eigenvalue weighted by molar-refractivity contribution is 5.97. The zero-order chi connectivity index (χ0) is 18.2. The maximum absolute atomic E-state index is 12.2. The summed E-state index contributed by atoms with van der Waals surface area (Å²) in [6, 6.07) is 9.61. The summed E-state index contributed by atoms with van der Waals surface area (Å²) >= 11 is 0. The lowest BCUT2D eigenvalue weighted by atomic mass is 9.87. The summed E-state index contributed by atoms with van der Waals surface area (Å²) in [5.74, 6) is -0.528. The number of nitriles is 1. The number of aliphatic hydroxyl groups excluding tert-OH is 2. The van der Waals surface area contributed by atoms with Crippen molar-refractivity contribution in [2.45, 2.75) is 26.2 Å². The van der Waals surface area contributed by atoms with Crippen LogP contribution in [0.5, 0.6) is 0 Å². The summed E-state index contributed by atoms with van der Waals surface area (Å²) in [4.78, 5) is 13.5. The summed E-state index contributed by atoms with van der Waals surface area (Å²) in [6.07, 6.45) is 1.34. The largest absolute Gasteiger partial charge is 0.395 e. The van der Waals surface area contributed by atoms with Gasteiger partial charge in [-0.25, -0.2) is 0 Å². The molecular weight excluding hydrogens is 306 g/mol. The van der Waals surface area contributed by atoms with E-state index >= 15 is 0 Å². The quantitative estimate of drug-likeness (QED) is 0.521. The van der Waals surface area contributed by atoms with E-state index in [0.29, 0.717) is 0 Å². The average Bonchev–Trinajstić information content (AvgIpc) is 2.54. The van der Waals surface area contributed by atoms with Gasteiger partial charge in [0.1, 0.15) is 11.6 Å². The van der Waals surface area contributed by atoms with Gasteiger partial charge in [0.05, 0.1) is 13.2 Å². The van der Waals surface area contributed by atoms with E-state index in [4.69, 9.17) is 10.2 Å². The predicted molar refractivity (Wildman–Crippen MR) is 93.2 cm³/mol. The number of rotatable bonds is 7. The molecule has 0 bridgehead atoms. The third-order valence-corrected chi connectivity index (χ3v) is 3.51. The van der Waals surface area contributed by atoms with Gasteiger partial charge in [-0.05, 0) is 23.1 Å². The van der Waals surface area contributed by atoms with Gasteiger partial charge in [0.15, 0.2) is 0 Å². The Kier molecular flexibility index (Phi) is 7.43. The van der Waals surface area contributed by atoms with E-state index in [2.05, 4.69) is 26.1 Å². The van der Waals surface area contributed by atoms with Crippen LogP contribution in [0.1, 0.15) is 26.3 Å². The maximum Gasteiger partial charge on any atom is 0.266 e. The Morgan fingerprint density at radius 1 is 1.21 bits per heavy atom. The number of nitrogens with one attached hydrogen (secondary N) is 1. The Balaban J connectivity index is 2.85. The van der Waals surface area contributed by atoms with Gasteiger partial charge in [-0.2, -0.15) is 5.26 Å². The highest BCUT2D eigenvalue weighted by Crippen LogP contribution is 2.23. The number of amides is 1. The van der Waals surface area contributed by atoms with Crippen LogP contribution in [0, 0.1) is 11.3 Å². The number of aliphatic hydroxyl groups is 2. The zero-order valence-electron chi connectivity index (χ0n) is 14.4. The number of carbonyl (C=O) groups excluding carboxylic acids is 1. The van der Waals surface area contributed by atoms with Crippen LogP contribution in [-0.2, 0) is 10.2 Å². The average molecular weight is 331 g/mol. The molecule has 0 saturated carbocycles. The molecule has 1 rings (SSSR count). The maximum atomic E-state index is 12.2. The summed E-state index contributed by atoms with van der Waals surface area (Å²) in [6.45, 7) is 6.05. The topological polar surface area (TPSA) is 96.6 Å². The van der Waals surface area contributed by atoms with Crippen molar-refractivity contribution in [3.63, 3.8) is 0 Å². The summed E-state index contributed by atoms with van der Waals surface area (Å²) in [5, 5.41) is 30.1. The van der Waals surface area contributed by atoms with Gasteiger partial charge < -0.3 is 20.4 Å². The molecule has 6 nitrogen and oxygen atoms in total. The molecule has 3 N–H and O–H groups in total. The lowest BCUT2D eigenvalue weighted by molar-refractivity contribution is -0.127. The molecule has 6 heteroatoms. The first kappa shape index (κ1) is 19.7. The molecule has 0 aliphatic carbocycles. The van der Waals surface area contributed by atoms with Crippen LogP contribution >= 0.6 is 0 Å². The second-order valence-corrected chi connectivity index (χ2v) is 6.38. The van der Waals surface area contributed by atoms with Gasteiger partial charge in [0.25, 0.3) is 5.91 Å². The highest BCUT2D eigenvalue weighted by Gasteiger charge is 2.17. The van der Waals surface area contributed by atoms with Gasteiger partial charge in [-0.15, -0.1) is 0 Å². The fraction of sp³-hybridized carbons (Fsp3) is 0.444. The van der Waals surface area contributed by atoms with Crippen LogP contribution in [0.15, 0.2) is 36.0 Å². The molecule has 1 aromatic carbocycles. The van der Waals surface area contributed by atoms with E-state index in [1.807, 2.05) is 30.3 Å². The normalized spacial score (nSPS) is 11.8. The van der Waals surface area contributed by atoms with Crippen LogP contribution in [0.2, 0.25) is 0 Å². The molecule has 0 aliphatic rings. The Bertz CT molecular complexity index is 604. The predicted octanol–water partition coefficient (Wildman–Crippen LogP) is 1.62. The molecule has 0 aromatic heterocycles. The van der Waals surface area contributed by atoms with Crippen molar-refractivity contribution in [2.24, 2.45) is 0 Å². The Hall–Kier alpha value is -2.36. The molecule has 0 saturated heterocycles. The Morgan fingerprint density at radius 3 is 2.17 bits per heavy atom. The van der Waals surface area contributed by atoms with Crippen molar-refractivity contribution in [1.82, 2.24) is 4.90 Å². The van der Waals surface area contributed by atoms with Crippen LogP contribution in [0.3, 0.4) is 0 Å². The molecule has 130 valence electrons. The fourth-order valence-corrected chi connectivity index (χ4v) is 2.09. The van der Waals surface area contributed by atoms with E-state index in [1.54, 1.807) is 0 Å². The zero-order valence-corrected chi connectivity index (χ0v) is 14.4. The molecule has 0 unspecified atom stereocenters. The van der Waals surface area contributed by atoms with Crippen molar-refractivity contribution in [3.8, 4) is 6.07 Å². The second-order valence-electron chi connectivity index (χ2n) is 6.38. The first-order valence-corrected chi connectivity index (χ1v) is 7.81. The lowest BCUT2D eigenvalue weighted by Gasteiger charge is -2.20. The van der Waals surface area contributed by atoms with Crippen molar-refractivity contribution < 1.29 is 15.0 Å². The fourth-order valence-electron chi connectivity index (χ4n) is 2.09. The molecule has 0 radical (unpaired) electrons. The minimum absolute atomic E-state index is 0.0528. The number of carbonyl (C=O) groups is 1. The van der Waals surface area contributed by atoms with Gasteiger partial charge in [0, 0.05) is 25.0 Å². The standard InChI is InChI=1S/C18H25N3O3/c1-18(2,3)15-4-6-16(7-5-15)20-13-14(12-19)17(24)21(8-10-22)9-11-23/h4-7,13,20,22-23H,8-11H2,1-3H3/b14-13-. The molecule has 1 aromatic rings. The van der Waals surface area contributed by atoms with Crippen LogP contribution < -0.4 is 5.32 Å². The summed E-state index contributed by atoms with van der Waals surface area (Å²) < 4.78 is 0. The highest BCUT2D eigenvalue weighted by atomic mass is 16.3. The molecule has 0 spiro atoms. The first-order valence-electron chi connectivity index (χ1n) is 7.81. The molecular formula is C18H25N3O3. The molecule has 0 aliphatic heterocycles. The summed E-state index contributed by atoms with van der Waals surface area (Å²) in [5.41, 5.74) is 1.92. The van der Waals surface area contributed by atoms with Gasteiger partial charge in [0.2, 0.25) is 0 Å². The van der Waals surface area contributed by atoms with Crippen molar-refractivity contribution >= 4 is 11.6 Å². The number of benzene rings is 1. The number of hydrogen-bond donors (Lipinski definition) is 3. The van der Waals surface area contributed by atoms with E-state index in [1.165, 1.54) is 16.7 Å². The first-order chi connectivity index (χ1) is 11.3. The Labute approximate surface area is 143 Å². The summed E-state index contributed by atoms with van der Waals surface area (Å²) in [7, 11) is 0. The lowest BCUT2D eigenvalue weighted by Crippen LogP contribution is -2.36. The van der Waals surface area contributed by atoms with Crippen molar-refractivity contribution in [1.29, 1.82) is 5.26 Å². The minimum Gasteiger partial charge on any atom is -0.395 e. The molecule has 1 amide bonds. The van der Waals surface area contributed by atoms with Gasteiger partial charge >= 0.3 is 0 Å².